The van der Waals surface area contributed by atoms with Crippen LogP contribution in [-0.4, -0.2) is 57.5 Å². The van der Waals surface area contributed by atoms with Crippen molar-refractivity contribution >= 4 is 29.6 Å². The molecule has 0 aromatic carbocycles. The van der Waals surface area contributed by atoms with Crippen LogP contribution in [0.1, 0.15) is 11.3 Å². The fourth-order valence-electron chi connectivity index (χ4n) is 2.16. The van der Waals surface area contributed by atoms with Crippen LogP contribution in [-0.2, 0) is 21.4 Å². The van der Waals surface area contributed by atoms with Crippen LogP contribution in [0.2, 0.25) is 5.15 Å². The van der Waals surface area contributed by atoms with E-state index in [0.29, 0.717) is 23.0 Å². The minimum Gasteiger partial charge on any atom is -0.480 e. The standard InChI is InChI=1S/C13H16ClN3O4/c1-8-9(12(14)16(2)15-8)3-4-11(18)17-5-6-21-7-10(17)13(19)20/h3-4,10H,5-7H2,1-2H3,(H,19,20)/b4-3+/t10-/m0/s1. The summed E-state index contributed by atoms with van der Waals surface area (Å²) in [5.74, 6) is -1.46. The molecule has 1 amide bonds. The summed E-state index contributed by atoms with van der Waals surface area (Å²) in [6.07, 6.45) is 2.87. The molecule has 1 saturated heterocycles. The maximum absolute atomic E-state index is 12.2. The van der Waals surface area contributed by atoms with Crippen molar-refractivity contribution in [2.75, 3.05) is 19.8 Å². The number of amides is 1. The van der Waals surface area contributed by atoms with Crippen molar-refractivity contribution in [1.29, 1.82) is 0 Å². The maximum atomic E-state index is 12.2. The lowest BCUT2D eigenvalue weighted by Crippen LogP contribution is -2.52. The van der Waals surface area contributed by atoms with Gasteiger partial charge in [-0.1, -0.05) is 11.6 Å². The molecule has 0 bridgehead atoms. The number of aliphatic carboxylic acids is 1. The summed E-state index contributed by atoms with van der Waals surface area (Å²) in [5, 5.41) is 13.7. The molecule has 0 unspecified atom stereocenters. The third-order valence-corrected chi connectivity index (χ3v) is 3.73. The SMILES string of the molecule is Cc1nn(C)c(Cl)c1/C=C/C(=O)N1CCOC[C@H]1C(=O)O. The van der Waals surface area contributed by atoms with E-state index in [1.165, 1.54) is 15.7 Å². The van der Waals surface area contributed by atoms with E-state index in [4.69, 9.17) is 21.4 Å². The van der Waals surface area contributed by atoms with Gasteiger partial charge in [0.05, 0.1) is 18.9 Å². The Morgan fingerprint density at radius 3 is 2.81 bits per heavy atom. The van der Waals surface area contributed by atoms with Gasteiger partial charge < -0.3 is 14.7 Å². The van der Waals surface area contributed by atoms with Crippen LogP contribution in [0.4, 0.5) is 0 Å². The Balaban J connectivity index is 2.16. The van der Waals surface area contributed by atoms with E-state index in [9.17, 15) is 9.59 Å². The van der Waals surface area contributed by atoms with Crippen molar-refractivity contribution in [2.45, 2.75) is 13.0 Å². The number of carboxylic acid groups (broad SMARTS) is 1. The molecule has 1 fully saturated rings. The van der Waals surface area contributed by atoms with Crippen molar-refractivity contribution < 1.29 is 19.4 Å². The molecule has 0 spiro atoms. The monoisotopic (exact) mass is 313 g/mol. The summed E-state index contributed by atoms with van der Waals surface area (Å²) in [7, 11) is 1.71. The van der Waals surface area contributed by atoms with Crippen molar-refractivity contribution in [1.82, 2.24) is 14.7 Å². The molecule has 1 atom stereocenters. The van der Waals surface area contributed by atoms with Gasteiger partial charge >= 0.3 is 5.97 Å². The molecule has 114 valence electrons. The van der Waals surface area contributed by atoms with Gasteiger partial charge in [0, 0.05) is 25.2 Å². The first-order valence-electron chi connectivity index (χ1n) is 6.40. The number of hydrogen-bond acceptors (Lipinski definition) is 4. The smallest absolute Gasteiger partial charge is 0.328 e. The summed E-state index contributed by atoms with van der Waals surface area (Å²) in [5.41, 5.74) is 1.34. The molecule has 7 nitrogen and oxygen atoms in total. The second kappa shape index (κ2) is 6.28. The highest BCUT2D eigenvalue weighted by Crippen LogP contribution is 2.20. The molecule has 0 aliphatic carbocycles. The first-order valence-corrected chi connectivity index (χ1v) is 6.78. The molecule has 1 aliphatic heterocycles. The summed E-state index contributed by atoms with van der Waals surface area (Å²) < 4.78 is 6.60. The highest BCUT2D eigenvalue weighted by atomic mass is 35.5. The number of rotatable bonds is 3. The van der Waals surface area contributed by atoms with Crippen molar-refractivity contribution in [2.24, 2.45) is 7.05 Å². The van der Waals surface area contributed by atoms with Gasteiger partial charge in [-0.2, -0.15) is 5.10 Å². The summed E-state index contributed by atoms with van der Waals surface area (Å²) in [6.45, 7) is 2.36. The lowest BCUT2D eigenvalue weighted by Gasteiger charge is -2.31. The number of carboxylic acids is 1. The molecule has 2 heterocycles. The normalized spacial score (nSPS) is 19.2. The fraction of sp³-hybridized carbons (Fsp3) is 0.462. The Bertz CT molecular complexity index is 596. The molecule has 0 radical (unpaired) electrons. The van der Waals surface area contributed by atoms with Crippen LogP contribution < -0.4 is 0 Å². The molecule has 1 aromatic rings. The Labute approximate surface area is 126 Å². The van der Waals surface area contributed by atoms with Crippen LogP contribution in [0.25, 0.3) is 6.08 Å². The van der Waals surface area contributed by atoms with E-state index in [1.54, 1.807) is 20.0 Å². The second-order valence-corrected chi connectivity index (χ2v) is 5.07. The third-order valence-electron chi connectivity index (χ3n) is 3.29. The summed E-state index contributed by atoms with van der Waals surface area (Å²) in [4.78, 5) is 24.6. The van der Waals surface area contributed by atoms with Crippen LogP contribution in [0, 0.1) is 6.92 Å². The van der Waals surface area contributed by atoms with Crippen LogP contribution >= 0.6 is 11.6 Å². The van der Waals surface area contributed by atoms with Crippen LogP contribution in [0.5, 0.6) is 0 Å². The average molecular weight is 314 g/mol. The third kappa shape index (κ3) is 3.25. The Kier molecular flexibility index (Phi) is 4.64. The highest BCUT2D eigenvalue weighted by molar-refractivity contribution is 6.31. The van der Waals surface area contributed by atoms with Gasteiger partial charge in [-0.3, -0.25) is 9.48 Å². The Hall–Kier alpha value is -1.86. The summed E-state index contributed by atoms with van der Waals surface area (Å²) in [6, 6.07) is -0.957. The number of aryl methyl sites for hydroxylation is 2. The van der Waals surface area contributed by atoms with E-state index < -0.39 is 12.0 Å². The van der Waals surface area contributed by atoms with Gasteiger partial charge in [0.25, 0.3) is 0 Å². The Morgan fingerprint density at radius 1 is 1.52 bits per heavy atom. The minimum atomic E-state index is -1.08. The quantitative estimate of drug-likeness (QED) is 0.831. The lowest BCUT2D eigenvalue weighted by atomic mass is 10.2. The molecule has 2 rings (SSSR count). The maximum Gasteiger partial charge on any atom is 0.328 e. The number of aromatic nitrogens is 2. The van der Waals surface area contributed by atoms with E-state index in [0.717, 1.165) is 0 Å². The van der Waals surface area contributed by atoms with Gasteiger partial charge in [0.1, 0.15) is 5.15 Å². The van der Waals surface area contributed by atoms with Gasteiger partial charge in [-0.05, 0) is 13.0 Å². The molecule has 1 aliphatic rings. The molecule has 0 saturated carbocycles. The van der Waals surface area contributed by atoms with E-state index in [2.05, 4.69) is 5.10 Å². The summed E-state index contributed by atoms with van der Waals surface area (Å²) >= 11 is 6.07. The van der Waals surface area contributed by atoms with Gasteiger partial charge in [-0.25, -0.2) is 4.79 Å². The fourth-order valence-corrected chi connectivity index (χ4v) is 2.40. The first kappa shape index (κ1) is 15.5. The van der Waals surface area contributed by atoms with E-state index in [1.807, 2.05) is 0 Å². The predicted molar refractivity (Wildman–Crippen MR) is 75.9 cm³/mol. The number of halogens is 1. The predicted octanol–water partition coefficient (Wildman–Crippen LogP) is 0.707. The molecule has 1 aromatic heterocycles. The van der Waals surface area contributed by atoms with Crippen LogP contribution in [0.3, 0.4) is 0 Å². The number of carbonyl (C=O) groups excluding carboxylic acids is 1. The highest BCUT2D eigenvalue weighted by Gasteiger charge is 2.31. The van der Waals surface area contributed by atoms with Gasteiger partial charge in [-0.15, -0.1) is 0 Å². The molecule has 21 heavy (non-hydrogen) atoms. The zero-order chi connectivity index (χ0) is 15.6. The largest absolute Gasteiger partial charge is 0.480 e. The van der Waals surface area contributed by atoms with Crippen molar-refractivity contribution in [3.8, 4) is 0 Å². The van der Waals surface area contributed by atoms with Gasteiger partial charge in [0.2, 0.25) is 5.91 Å². The molecular weight excluding hydrogens is 298 g/mol. The second-order valence-electron chi connectivity index (χ2n) is 4.71. The number of hydrogen-bond donors (Lipinski definition) is 1. The van der Waals surface area contributed by atoms with E-state index in [-0.39, 0.29) is 19.1 Å². The van der Waals surface area contributed by atoms with E-state index >= 15 is 0 Å². The number of nitrogens with zero attached hydrogens (tertiary/aromatic N) is 3. The topological polar surface area (TPSA) is 84.7 Å². The molecule has 1 N–H and O–H groups in total. The lowest BCUT2D eigenvalue weighted by molar-refractivity contribution is -0.156. The Morgan fingerprint density at radius 2 is 2.24 bits per heavy atom. The minimum absolute atomic E-state index is 0.00158. The zero-order valence-corrected chi connectivity index (χ0v) is 12.5. The van der Waals surface area contributed by atoms with Crippen LogP contribution in [0.15, 0.2) is 6.08 Å². The first-order chi connectivity index (χ1) is 9.91. The number of carbonyl (C=O) groups is 2. The van der Waals surface area contributed by atoms with Crippen molar-refractivity contribution in [3.05, 3.63) is 22.5 Å². The zero-order valence-electron chi connectivity index (χ0n) is 11.7. The number of morpholine rings is 1. The van der Waals surface area contributed by atoms with Crippen molar-refractivity contribution in [3.63, 3.8) is 0 Å². The molecular formula is C13H16ClN3O4. The molecule has 8 heteroatoms. The van der Waals surface area contributed by atoms with Gasteiger partial charge in [0.15, 0.2) is 6.04 Å². The average Bonchev–Trinajstić information content (AvgIpc) is 2.70. The number of ether oxygens (including phenoxy) is 1.